The molecule has 0 spiro atoms. The van der Waals surface area contributed by atoms with Crippen molar-refractivity contribution < 1.29 is 23.1 Å². The van der Waals surface area contributed by atoms with Crippen molar-refractivity contribution in [1.82, 2.24) is 4.72 Å². The van der Waals surface area contributed by atoms with E-state index in [0.717, 1.165) is 0 Å². The Bertz CT molecular complexity index is 741. The summed E-state index contributed by atoms with van der Waals surface area (Å²) in [5.41, 5.74) is 0. The summed E-state index contributed by atoms with van der Waals surface area (Å²) in [6.45, 7) is 1.26. The lowest BCUT2D eigenvalue weighted by Crippen LogP contribution is -2.38. The third-order valence-electron chi connectivity index (χ3n) is 2.82. The van der Waals surface area contributed by atoms with Crippen molar-refractivity contribution in [1.29, 1.82) is 0 Å². The van der Waals surface area contributed by atoms with Gasteiger partial charge < -0.3 is 9.84 Å². The van der Waals surface area contributed by atoms with Gasteiger partial charge in [-0.2, -0.15) is 4.72 Å². The summed E-state index contributed by atoms with van der Waals surface area (Å²) >= 11 is 0. The van der Waals surface area contributed by atoms with Gasteiger partial charge in [-0.3, -0.25) is 4.79 Å². The van der Waals surface area contributed by atoms with Gasteiger partial charge in [0.2, 0.25) is 10.0 Å². The number of carboxylic acid groups (broad SMARTS) is 1. The molecule has 0 aliphatic heterocycles. The van der Waals surface area contributed by atoms with E-state index in [9.17, 15) is 13.2 Å². The SMILES string of the molecule is CC(NS(=O)(=O)c1ccc(Oc2ccccc2)cc1)C(=O)O. The molecule has 2 aromatic rings. The van der Waals surface area contributed by atoms with E-state index < -0.39 is 22.0 Å². The topological polar surface area (TPSA) is 92.7 Å². The third kappa shape index (κ3) is 4.06. The number of hydrogen-bond donors (Lipinski definition) is 2. The molecular weight excluding hydrogens is 306 g/mol. The van der Waals surface area contributed by atoms with Crippen molar-refractivity contribution in [2.24, 2.45) is 0 Å². The Labute approximate surface area is 128 Å². The Balaban J connectivity index is 2.13. The van der Waals surface area contributed by atoms with Gasteiger partial charge in [0.25, 0.3) is 0 Å². The highest BCUT2D eigenvalue weighted by Gasteiger charge is 2.21. The van der Waals surface area contributed by atoms with Crippen molar-refractivity contribution in [2.75, 3.05) is 0 Å². The average Bonchev–Trinajstić information content (AvgIpc) is 2.48. The van der Waals surface area contributed by atoms with Crippen LogP contribution in [0.25, 0.3) is 0 Å². The zero-order valence-corrected chi connectivity index (χ0v) is 12.6. The van der Waals surface area contributed by atoms with Crippen LogP contribution in [0.1, 0.15) is 6.92 Å². The highest BCUT2D eigenvalue weighted by Crippen LogP contribution is 2.22. The van der Waals surface area contributed by atoms with E-state index >= 15 is 0 Å². The van der Waals surface area contributed by atoms with Gasteiger partial charge in [0, 0.05) is 0 Å². The largest absolute Gasteiger partial charge is 0.480 e. The molecule has 0 aromatic heterocycles. The zero-order chi connectivity index (χ0) is 16.2. The number of benzene rings is 2. The Morgan fingerprint density at radius 2 is 1.59 bits per heavy atom. The summed E-state index contributed by atoms with van der Waals surface area (Å²) in [5.74, 6) is -0.125. The van der Waals surface area contributed by atoms with Gasteiger partial charge in [0.05, 0.1) is 4.90 Å². The summed E-state index contributed by atoms with van der Waals surface area (Å²) in [5, 5.41) is 8.75. The zero-order valence-electron chi connectivity index (χ0n) is 11.8. The van der Waals surface area contributed by atoms with E-state index in [-0.39, 0.29) is 4.90 Å². The number of nitrogens with one attached hydrogen (secondary N) is 1. The van der Waals surface area contributed by atoms with Crippen LogP contribution in [0.15, 0.2) is 59.5 Å². The normalized spacial score (nSPS) is 12.6. The number of aliphatic carboxylic acids is 1. The summed E-state index contributed by atoms with van der Waals surface area (Å²) < 4.78 is 31.6. The predicted octanol–water partition coefficient (Wildman–Crippen LogP) is 2.23. The molecule has 1 unspecified atom stereocenters. The van der Waals surface area contributed by atoms with Crippen LogP contribution in [-0.4, -0.2) is 25.5 Å². The summed E-state index contributed by atoms with van der Waals surface area (Å²) in [4.78, 5) is 10.7. The highest BCUT2D eigenvalue weighted by atomic mass is 32.2. The Morgan fingerprint density at radius 1 is 1.05 bits per heavy atom. The van der Waals surface area contributed by atoms with Crippen molar-refractivity contribution in [3.05, 3.63) is 54.6 Å². The Kier molecular flexibility index (Phi) is 4.79. The molecule has 0 aliphatic rings. The van der Waals surface area contributed by atoms with E-state index in [1.165, 1.54) is 31.2 Å². The lowest BCUT2D eigenvalue weighted by Gasteiger charge is -2.11. The molecule has 0 aliphatic carbocycles. The van der Waals surface area contributed by atoms with E-state index in [0.29, 0.717) is 11.5 Å². The number of para-hydroxylation sites is 1. The fraction of sp³-hybridized carbons (Fsp3) is 0.133. The van der Waals surface area contributed by atoms with Crippen molar-refractivity contribution in [3.8, 4) is 11.5 Å². The minimum Gasteiger partial charge on any atom is -0.480 e. The molecule has 1 atom stereocenters. The van der Waals surface area contributed by atoms with Crippen LogP contribution in [0.3, 0.4) is 0 Å². The molecule has 116 valence electrons. The third-order valence-corrected chi connectivity index (χ3v) is 4.37. The van der Waals surface area contributed by atoms with Crippen molar-refractivity contribution in [3.63, 3.8) is 0 Å². The van der Waals surface area contributed by atoms with Crippen LogP contribution in [0.5, 0.6) is 11.5 Å². The highest BCUT2D eigenvalue weighted by molar-refractivity contribution is 7.89. The maximum absolute atomic E-state index is 12.0. The molecule has 0 bridgehead atoms. The van der Waals surface area contributed by atoms with E-state index in [4.69, 9.17) is 9.84 Å². The van der Waals surface area contributed by atoms with Crippen LogP contribution in [0.2, 0.25) is 0 Å². The first-order valence-corrected chi connectivity index (χ1v) is 7.95. The standard InChI is InChI=1S/C15H15NO5S/c1-11(15(17)18)16-22(19,20)14-9-7-13(8-10-14)21-12-5-3-2-4-6-12/h2-11,16H,1H3,(H,17,18). The number of hydrogen-bond acceptors (Lipinski definition) is 4. The molecule has 6 nitrogen and oxygen atoms in total. The van der Waals surface area contributed by atoms with Gasteiger partial charge >= 0.3 is 5.97 Å². The van der Waals surface area contributed by atoms with Crippen molar-refractivity contribution in [2.45, 2.75) is 17.9 Å². The fourth-order valence-electron chi connectivity index (χ4n) is 1.66. The maximum Gasteiger partial charge on any atom is 0.321 e. The summed E-state index contributed by atoms with van der Waals surface area (Å²) in [6.07, 6.45) is 0. The smallest absolute Gasteiger partial charge is 0.321 e. The lowest BCUT2D eigenvalue weighted by molar-refractivity contribution is -0.138. The van der Waals surface area contributed by atoms with E-state index in [1.807, 2.05) is 18.2 Å². The number of rotatable bonds is 6. The predicted molar refractivity (Wildman–Crippen MR) is 80.4 cm³/mol. The molecule has 0 fully saturated rings. The quantitative estimate of drug-likeness (QED) is 0.851. The van der Waals surface area contributed by atoms with Gasteiger partial charge in [-0.05, 0) is 43.3 Å². The van der Waals surface area contributed by atoms with E-state index in [2.05, 4.69) is 4.72 Å². The van der Waals surface area contributed by atoms with Crippen LogP contribution < -0.4 is 9.46 Å². The Morgan fingerprint density at radius 3 is 2.14 bits per heavy atom. The number of ether oxygens (including phenoxy) is 1. The van der Waals surface area contributed by atoms with Gasteiger partial charge in [-0.15, -0.1) is 0 Å². The molecular formula is C15H15NO5S. The molecule has 2 aromatic carbocycles. The molecule has 0 heterocycles. The van der Waals surface area contributed by atoms with Crippen LogP contribution >= 0.6 is 0 Å². The summed E-state index contributed by atoms with van der Waals surface area (Å²) in [7, 11) is -3.88. The number of sulfonamides is 1. The molecule has 2 N–H and O–H groups in total. The van der Waals surface area contributed by atoms with Gasteiger partial charge in [-0.1, -0.05) is 18.2 Å². The minimum absolute atomic E-state index is 0.0268. The molecule has 0 saturated carbocycles. The monoisotopic (exact) mass is 321 g/mol. The second-order valence-electron chi connectivity index (χ2n) is 4.57. The van der Waals surface area contributed by atoms with E-state index in [1.54, 1.807) is 12.1 Å². The summed E-state index contributed by atoms with van der Waals surface area (Å²) in [6, 6.07) is 13.6. The van der Waals surface area contributed by atoms with Crippen molar-refractivity contribution >= 4 is 16.0 Å². The van der Waals surface area contributed by atoms with Crippen LogP contribution in [0, 0.1) is 0 Å². The Hall–Kier alpha value is -2.38. The number of carbonyl (C=O) groups is 1. The second-order valence-corrected chi connectivity index (χ2v) is 6.28. The maximum atomic E-state index is 12.0. The van der Waals surface area contributed by atoms with Gasteiger partial charge in [0.15, 0.2) is 0 Å². The first-order valence-electron chi connectivity index (χ1n) is 6.46. The lowest BCUT2D eigenvalue weighted by atomic mass is 10.3. The molecule has 0 amide bonds. The van der Waals surface area contributed by atoms with Gasteiger partial charge in [-0.25, -0.2) is 8.42 Å². The number of carboxylic acids is 1. The molecule has 22 heavy (non-hydrogen) atoms. The van der Waals surface area contributed by atoms with Crippen LogP contribution in [-0.2, 0) is 14.8 Å². The van der Waals surface area contributed by atoms with Crippen LogP contribution in [0.4, 0.5) is 0 Å². The molecule has 2 rings (SSSR count). The first kappa shape index (κ1) is 16.0. The fourth-order valence-corrected chi connectivity index (χ4v) is 2.86. The molecule has 0 radical (unpaired) electrons. The first-order chi connectivity index (χ1) is 10.4. The minimum atomic E-state index is -3.88. The molecule has 7 heteroatoms. The van der Waals surface area contributed by atoms with Gasteiger partial charge in [0.1, 0.15) is 17.5 Å². The molecule has 0 saturated heterocycles. The second kappa shape index (κ2) is 6.59. The average molecular weight is 321 g/mol.